The maximum Gasteiger partial charge on any atom is 0.227 e. The molecule has 5 heteroatoms. The lowest BCUT2D eigenvalue weighted by Crippen LogP contribution is -2.01. The highest BCUT2D eigenvalue weighted by atomic mass is 16.5. The van der Waals surface area contributed by atoms with Crippen LogP contribution in [-0.4, -0.2) is 21.4 Å². The maximum absolute atomic E-state index is 9.17. The number of aromatic nitrogens is 2. The predicted octanol–water partition coefficient (Wildman–Crippen LogP) is 1.63. The van der Waals surface area contributed by atoms with E-state index in [9.17, 15) is 0 Å². The molecule has 0 bridgehead atoms. The Kier molecular flexibility index (Phi) is 3.39. The molecule has 0 aliphatic carbocycles. The van der Waals surface area contributed by atoms with Crippen LogP contribution >= 0.6 is 0 Å². The maximum atomic E-state index is 9.17. The summed E-state index contributed by atoms with van der Waals surface area (Å²) in [4.78, 5) is 4.25. The molecule has 0 radical (unpaired) electrons. The van der Waals surface area contributed by atoms with Crippen molar-refractivity contribution in [2.45, 2.75) is 25.9 Å². The summed E-state index contributed by atoms with van der Waals surface area (Å²) < 4.78 is 5.10. The second kappa shape index (κ2) is 4.97. The third-order valence-electron chi connectivity index (χ3n) is 2.39. The largest absolute Gasteiger partial charge is 0.399 e. The quantitative estimate of drug-likeness (QED) is 0.784. The van der Waals surface area contributed by atoms with Crippen LogP contribution in [0.3, 0.4) is 0 Å². The SMILES string of the molecule is CC(O)CCc1nc(-c2cccc(N)c2)no1. The molecule has 0 saturated heterocycles. The van der Waals surface area contributed by atoms with Gasteiger partial charge in [-0.2, -0.15) is 4.98 Å². The van der Waals surface area contributed by atoms with Crippen LogP contribution in [0.2, 0.25) is 0 Å². The molecule has 0 aliphatic rings. The number of hydrogen-bond acceptors (Lipinski definition) is 5. The number of nitrogen functional groups attached to an aromatic ring is 1. The van der Waals surface area contributed by atoms with E-state index in [1.807, 2.05) is 12.1 Å². The third kappa shape index (κ3) is 3.04. The Bertz CT molecular complexity index is 494. The van der Waals surface area contributed by atoms with Gasteiger partial charge in [-0.05, 0) is 25.5 Å². The average Bonchev–Trinajstić information content (AvgIpc) is 2.75. The summed E-state index contributed by atoms with van der Waals surface area (Å²) in [6, 6.07) is 7.32. The lowest BCUT2D eigenvalue weighted by atomic mass is 10.2. The molecule has 3 N–H and O–H groups in total. The van der Waals surface area contributed by atoms with E-state index in [2.05, 4.69) is 10.1 Å². The molecule has 2 aromatic rings. The van der Waals surface area contributed by atoms with Gasteiger partial charge < -0.3 is 15.4 Å². The zero-order chi connectivity index (χ0) is 12.3. The van der Waals surface area contributed by atoms with E-state index >= 15 is 0 Å². The Labute approximate surface area is 99.3 Å². The van der Waals surface area contributed by atoms with Crippen LogP contribution in [0.5, 0.6) is 0 Å². The molecule has 0 aliphatic heterocycles. The fraction of sp³-hybridized carbons (Fsp3) is 0.333. The molecule has 1 aromatic carbocycles. The molecule has 0 spiro atoms. The van der Waals surface area contributed by atoms with Gasteiger partial charge in [0.15, 0.2) is 0 Å². The van der Waals surface area contributed by atoms with E-state index in [0.717, 1.165) is 5.56 Å². The van der Waals surface area contributed by atoms with Crippen LogP contribution < -0.4 is 5.73 Å². The number of nitrogens with two attached hydrogens (primary N) is 1. The summed E-state index contributed by atoms with van der Waals surface area (Å²) in [5.41, 5.74) is 7.18. The van der Waals surface area contributed by atoms with Gasteiger partial charge in [0.1, 0.15) is 0 Å². The van der Waals surface area contributed by atoms with E-state index in [1.54, 1.807) is 19.1 Å². The van der Waals surface area contributed by atoms with Crippen LogP contribution in [0, 0.1) is 0 Å². The first-order valence-electron chi connectivity index (χ1n) is 5.51. The smallest absolute Gasteiger partial charge is 0.227 e. The first-order valence-corrected chi connectivity index (χ1v) is 5.51. The summed E-state index contributed by atoms with van der Waals surface area (Å²) >= 11 is 0. The molecule has 0 fully saturated rings. The minimum Gasteiger partial charge on any atom is -0.399 e. The Balaban J connectivity index is 2.12. The van der Waals surface area contributed by atoms with Gasteiger partial charge >= 0.3 is 0 Å². The molecule has 1 unspecified atom stereocenters. The zero-order valence-electron chi connectivity index (χ0n) is 9.63. The standard InChI is InChI=1S/C12H15N3O2/c1-8(16)5-6-11-14-12(15-17-11)9-3-2-4-10(13)7-9/h2-4,7-8,16H,5-6,13H2,1H3. The summed E-state index contributed by atoms with van der Waals surface area (Å²) in [5, 5.41) is 13.0. The Morgan fingerprint density at radius 3 is 3.00 bits per heavy atom. The second-order valence-corrected chi connectivity index (χ2v) is 4.02. The van der Waals surface area contributed by atoms with Crippen molar-refractivity contribution in [2.24, 2.45) is 0 Å². The fourth-order valence-corrected chi connectivity index (χ4v) is 1.48. The van der Waals surface area contributed by atoms with E-state index in [0.29, 0.717) is 30.2 Å². The molecule has 17 heavy (non-hydrogen) atoms. The Morgan fingerprint density at radius 2 is 2.29 bits per heavy atom. The predicted molar refractivity (Wildman–Crippen MR) is 64.1 cm³/mol. The van der Waals surface area contributed by atoms with Crippen molar-refractivity contribution in [3.63, 3.8) is 0 Å². The molecule has 1 atom stereocenters. The van der Waals surface area contributed by atoms with E-state index in [1.165, 1.54) is 0 Å². The molecular weight excluding hydrogens is 218 g/mol. The highest BCUT2D eigenvalue weighted by Gasteiger charge is 2.09. The number of nitrogens with zero attached hydrogens (tertiary/aromatic N) is 2. The fourth-order valence-electron chi connectivity index (χ4n) is 1.48. The van der Waals surface area contributed by atoms with Gasteiger partial charge in [0.2, 0.25) is 11.7 Å². The van der Waals surface area contributed by atoms with Crippen molar-refractivity contribution in [1.29, 1.82) is 0 Å². The van der Waals surface area contributed by atoms with E-state index in [-0.39, 0.29) is 6.10 Å². The number of aliphatic hydroxyl groups is 1. The first kappa shape index (κ1) is 11.6. The second-order valence-electron chi connectivity index (χ2n) is 4.02. The number of aryl methyl sites for hydroxylation is 1. The first-order chi connectivity index (χ1) is 8.15. The monoisotopic (exact) mass is 233 g/mol. The van der Waals surface area contributed by atoms with Crippen molar-refractivity contribution in [2.75, 3.05) is 5.73 Å². The number of benzene rings is 1. The minimum absolute atomic E-state index is 0.363. The van der Waals surface area contributed by atoms with Crippen molar-refractivity contribution in [1.82, 2.24) is 10.1 Å². The van der Waals surface area contributed by atoms with E-state index in [4.69, 9.17) is 15.4 Å². The van der Waals surface area contributed by atoms with Gasteiger partial charge in [-0.15, -0.1) is 0 Å². The van der Waals surface area contributed by atoms with Gasteiger partial charge in [-0.25, -0.2) is 0 Å². The highest BCUT2D eigenvalue weighted by Crippen LogP contribution is 2.18. The molecular formula is C12H15N3O2. The van der Waals surface area contributed by atoms with Crippen LogP contribution in [0.25, 0.3) is 11.4 Å². The van der Waals surface area contributed by atoms with Crippen molar-refractivity contribution in [3.8, 4) is 11.4 Å². The van der Waals surface area contributed by atoms with Crippen LogP contribution in [0.4, 0.5) is 5.69 Å². The molecule has 90 valence electrons. The molecule has 1 aromatic heterocycles. The van der Waals surface area contributed by atoms with Crippen molar-refractivity contribution in [3.05, 3.63) is 30.2 Å². The highest BCUT2D eigenvalue weighted by molar-refractivity contribution is 5.60. The molecule has 0 amide bonds. The number of hydrogen-bond donors (Lipinski definition) is 2. The average molecular weight is 233 g/mol. The number of aliphatic hydroxyl groups excluding tert-OH is 1. The van der Waals surface area contributed by atoms with Gasteiger partial charge in [-0.3, -0.25) is 0 Å². The Morgan fingerprint density at radius 1 is 1.47 bits per heavy atom. The summed E-state index contributed by atoms with van der Waals surface area (Å²) in [5.74, 6) is 1.06. The normalized spacial score (nSPS) is 12.6. The summed E-state index contributed by atoms with van der Waals surface area (Å²) in [7, 11) is 0. The zero-order valence-corrected chi connectivity index (χ0v) is 9.63. The van der Waals surface area contributed by atoms with Crippen LogP contribution in [-0.2, 0) is 6.42 Å². The van der Waals surface area contributed by atoms with E-state index < -0.39 is 0 Å². The molecule has 2 rings (SSSR count). The van der Waals surface area contributed by atoms with Crippen LogP contribution in [0.1, 0.15) is 19.2 Å². The van der Waals surface area contributed by atoms with Gasteiger partial charge in [0.05, 0.1) is 6.10 Å². The van der Waals surface area contributed by atoms with Gasteiger partial charge in [0, 0.05) is 17.7 Å². The molecule has 1 heterocycles. The minimum atomic E-state index is -0.363. The van der Waals surface area contributed by atoms with Gasteiger partial charge in [0.25, 0.3) is 0 Å². The Hall–Kier alpha value is -1.88. The number of anilines is 1. The molecule has 0 saturated carbocycles. The summed E-state index contributed by atoms with van der Waals surface area (Å²) in [6.45, 7) is 1.73. The topological polar surface area (TPSA) is 85.2 Å². The third-order valence-corrected chi connectivity index (χ3v) is 2.39. The lowest BCUT2D eigenvalue weighted by Gasteiger charge is -1.98. The van der Waals surface area contributed by atoms with Crippen molar-refractivity contribution >= 4 is 5.69 Å². The molecule has 5 nitrogen and oxygen atoms in total. The van der Waals surface area contributed by atoms with Crippen LogP contribution in [0.15, 0.2) is 28.8 Å². The number of rotatable bonds is 4. The lowest BCUT2D eigenvalue weighted by molar-refractivity contribution is 0.180. The van der Waals surface area contributed by atoms with Gasteiger partial charge in [-0.1, -0.05) is 17.3 Å². The van der Waals surface area contributed by atoms with Crippen molar-refractivity contribution < 1.29 is 9.63 Å². The summed E-state index contributed by atoms with van der Waals surface area (Å²) in [6.07, 6.45) is 0.823.